The Labute approximate surface area is 123 Å². The van der Waals surface area contributed by atoms with Crippen molar-refractivity contribution < 1.29 is 27.2 Å². The minimum Gasteiger partial charge on any atom is -0.368 e. The second-order valence-corrected chi connectivity index (χ2v) is 5.32. The van der Waals surface area contributed by atoms with E-state index in [1.54, 1.807) is 0 Å². The molecule has 1 aliphatic rings. The van der Waals surface area contributed by atoms with Gasteiger partial charge in [0, 0.05) is 19.9 Å². The molecule has 2 rings (SSSR count). The van der Waals surface area contributed by atoms with Crippen LogP contribution >= 0.6 is 0 Å². The van der Waals surface area contributed by atoms with Crippen LogP contribution in [-0.2, 0) is 22.2 Å². The lowest BCUT2D eigenvalue weighted by molar-refractivity contribution is -0.140. The van der Waals surface area contributed by atoms with Gasteiger partial charge >= 0.3 is 6.18 Å². The number of likely N-dealkylation sites (tertiary alicyclic amines) is 1. The standard InChI is InChI=1S/C14H14F4N2O2/c1-20-11(21)4-5-13(20,12(19)22)7-8-2-3-9(15)6-10(8)14(16,17)18/h2-3,6H,4-5,7H2,1H3,(H2,19,22)/t13-/m1/s1. The van der Waals surface area contributed by atoms with Crippen LogP contribution in [0.3, 0.4) is 0 Å². The van der Waals surface area contributed by atoms with Crippen LogP contribution in [0.1, 0.15) is 24.0 Å². The summed E-state index contributed by atoms with van der Waals surface area (Å²) in [6, 6.07) is 2.23. The molecule has 0 aliphatic carbocycles. The smallest absolute Gasteiger partial charge is 0.368 e. The van der Waals surface area contributed by atoms with Gasteiger partial charge in [-0.1, -0.05) is 6.07 Å². The fraction of sp³-hybridized carbons (Fsp3) is 0.429. The fourth-order valence-electron chi connectivity index (χ4n) is 2.75. The SMILES string of the molecule is CN1C(=O)CC[C@@]1(Cc1ccc(F)cc1C(F)(F)F)C(N)=O. The van der Waals surface area contributed by atoms with Gasteiger partial charge in [-0.15, -0.1) is 0 Å². The zero-order valence-corrected chi connectivity index (χ0v) is 11.7. The second-order valence-electron chi connectivity index (χ2n) is 5.32. The zero-order valence-electron chi connectivity index (χ0n) is 11.7. The molecule has 2 amide bonds. The highest BCUT2D eigenvalue weighted by Crippen LogP contribution is 2.38. The van der Waals surface area contributed by atoms with Crippen LogP contribution in [-0.4, -0.2) is 29.3 Å². The third kappa shape index (κ3) is 2.65. The molecular formula is C14H14F4N2O2. The van der Waals surface area contributed by atoms with Crippen molar-refractivity contribution in [2.75, 3.05) is 7.05 Å². The van der Waals surface area contributed by atoms with E-state index in [-0.39, 0.29) is 24.3 Å². The molecule has 4 nitrogen and oxygen atoms in total. The van der Waals surface area contributed by atoms with Gasteiger partial charge in [-0.3, -0.25) is 9.59 Å². The normalized spacial score (nSPS) is 22.2. The number of carbonyl (C=O) groups is 2. The van der Waals surface area contributed by atoms with Crippen molar-refractivity contribution in [3.63, 3.8) is 0 Å². The van der Waals surface area contributed by atoms with E-state index in [4.69, 9.17) is 5.73 Å². The van der Waals surface area contributed by atoms with Crippen molar-refractivity contribution >= 4 is 11.8 Å². The zero-order chi connectivity index (χ0) is 16.7. The first kappa shape index (κ1) is 16.3. The number of amides is 2. The lowest BCUT2D eigenvalue weighted by Crippen LogP contribution is -2.55. The molecule has 1 saturated heterocycles. The maximum atomic E-state index is 13.1. The molecule has 120 valence electrons. The summed E-state index contributed by atoms with van der Waals surface area (Å²) < 4.78 is 52.2. The average molecular weight is 318 g/mol. The van der Waals surface area contributed by atoms with Gasteiger partial charge in [0.05, 0.1) is 5.56 Å². The topological polar surface area (TPSA) is 63.4 Å². The summed E-state index contributed by atoms with van der Waals surface area (Å²) in [5, 5.41) is 0. The van der Waals surface area contributed by atoms with E-state index < -0.39 is 35.4 Å². The van der Waals surface area contributed by atoms with Gasteiger partial charge in [-0.2, -0.15) is 13.2 Å². The maximum absolute atomic E-state index is 13.1. The van der Waals surface area contributed by atoms with E-state index in [1.165, 1.54) is 7.05 Å². The van der Waals surface area contributed by atoms with Crippen molar-refractivity contribution in [1.82, 2.24) is 4.90 Å². The summed E-state index contributed by atoms with van der Waals surface area (Å²) >= 11 is 0. The number of hydrogen-bond donors (Lipinski definition) is 1. The minimum atomic E-state index is -4.77. The van der Waals surface area contributed by atoms with Gasteiger partial charge in [-0.25, -0.2) is 4.39 Å². The number of rotatable bonds is 3. The Morgan fingerprint density at radius 1 is 1.41 bits per heavy atom. The quantitative estimate of drug-likeness (QED) is 0.865. The Morgan fingerprint density at radius 2 is 2.05 bits per heavy atom. The van der Waals surface area contributed by atoms with Crippen molar-refractivity contribution in [2.24, 2.45) is 5.73 Å². The lowest BCUT2D eigenvalue weighted by atomic mass is 9.85. The Bertz CT molecular complexity index is 630. The van der Waals surface area contributed by atoms with Gasteiger partial charge in [0.2, 0.25) is 11.8 Å². The van der Waals surface area contributed by atoms with E-state index in [0.717, 1.165) is 17.0 Å². The van der Waals surface area contributed by atoms with Crippen LogP contribution in [0.25, 0.3) is 0 Å². The number of benzene rings is 1. The molecule has 1 aromatic carbocycles. The molecule has 1 aliphatic heterocycles. The molecule has 0 spiro atoms. The van der Waals surface area contributed by atoms with E-state index >= 15 is 0 Å². The van der Waals surface area contributed by atoms with Gasteiger partial charge in [-0.05, 0) is 24.1 Å². The summed E-state index contributed by atoms with van der Waals surface area (Å²) in [7, 11) is 1.33. The number of halogens is 4. The first-order valence-electron chi connectivity index (χ1n) is 6.50. The highest BCUT2D eigenvalue weighted by Gasteiger charge is 2.49. The van der Waals surface area contributed by atoms with E-state index in [1.807, 2.05) is 0 Å². The highest BCUT2D eigenvalue weighted by molar-refractivity contribution is 5.94. The molecule has 0 aromatic heterocycles. The van der Waals surface area contributed by atoms with Gasteiger partial charge in [0.1, 0.15) is 11.4 Å². The predicted molar refractivity (Wildman–Crippen MR) is 69.0 cm³/mol. The average Bonchev–Trinajstić information content (AvgIpc) is 2.69. The summed E-state index contributed by atoms with van der Waals surface area (Å²) in [4.78, 5) is 24.5. The Morgan fingerprint density at radius 3 is 2.50 bits per heavy atom. The minimum absolute atomic E-state index is 0.0297. The van der Waals surface area contributed by atoms with Crippen molar-refractivity contribution in [3.8, 4) is 0 Å². The monoisotopic (exact) mass is 318 g/mol. The largest absolute Gasteiger partial charge is 0.416 e. The first-order chi connectivity index (χ1) is 10.1. The molecule has 0 saturated carbocycles. The van der Waals surface area contributed by atoms with Crippen LogP contribution < -0.4 is 5.73 Å². The highest BCUT2D eigenvalue weighted by atomic mass is 19.4. The number of likely N-dealkylation sites (N-methyl/N-ethyl adjacent to an activating group) is 1. The molecule has 1 aromatic rings. The summed E-state index contributed by atoms with van der Waals surface area (Å²) in [5.74, 6) is -2.27. The van der Waals surface area contributed by atoms with E-state index in [9.17, 15) is 27.2 Å². The third-order valence-electron chi connectivity index (χ3n) is 4.09. The fourth-order valence-corrected chi connectivity index (χ4v) is 2.75. The number of nitrogens with two attached hydrogens (primary N) is 1. The van der Waals surface area contributed by atoms with Crippen molar-refractivity contribution in [3.05, 3.63) is 35.1 Å². The number of primary amides is 1. The number of nitrogens with zero attached hydrogens (tertiary/aromatic N) is 1. The lowest BCUT2D eigenvalue weighted by Gasteiger charge is -2.33. The van der Waals surface area contributed by atoms with Gasteiger partial charge < -0.3 is 10.6 Å². The Hall–Kier alpha value is -2.12. The molecule has 2 N–H and O–H groups in total. The maximum Gasteiger partial charge on any atom is 0.416 e. The summed E-state index contributed by atoms with van der Waals surface area (Å²) in [6.45, 7) is 0. The van der Waals surface area contributed by atoms with Crippen LogP contribution in [0.4, 0.5) is 17.6 Å². The van der Waals surface area contributed by atoms with Gasteiger partial charge in [0.25, 0.3) is 0 Å². The molecule has 1 atom stereocenters. The molecule has 0 unspecified atom stereocenters. The summed E-state index contributed by atoms with van der Waals surface area (Å²) in [6.07, 6.45) is -5.11. The summed E-state index contributed by atoms with van der Waals surface area (Å²) in [5.41, 5.74) is 2.38. The van der Waals surface area contributed by atoms with E-state index in [0.29, 0.717) is 6.07 Å². The molecule has 0 bridgehead atoms. The van der Waals surface area contributed by atoms with E-state index in [2.05, 4.69) is 0 Å². The van der Waals surface area contributed by atoms with Crippen molar-refractivity contribution in [1.29, 1.82) is 0 Å². The number of carbonyl (C=O) groups excluding carboxylic acids is 2. The molecule has 22 heavy (non-hydrogen) atoms. The Kier molecular flexibility index (Phi) is 3.88. The molecule has 1 fully saturated rings. The first-order valence-corrected chi connectivity index (χ1v) is 6.50. The second kappa shape index (κ2) is 5.26. The van der Waals surface area contributed by atoms with Gasteiger partial charge in [0.15, 0.2) is 0 Å². The van der Waals surface area contributed by atoms with Crippen LogP contribution in [0.5, 0.6) is 0 Å². The third-order valence-corrected chi connectivity index (χ3v) is 4.09. The molecular weight excluding hydrogens is 304 g/mol. The molecule has 8 heteroatoms. The predicted octanol–water partition coefficient (Wildman–Crippen LogP) is 1.86. The number of hydrogen-bond acceptors (Lipinski definition) is 2. The Balaban J connectivity index is 2.49. The molecule has 1 heterocycles. The van der Waals surface area contributed by atoms with Crippen LogP contribution in [0.2, 0.25) is 0 Å². The van der Waals surface area contributed by atoms with Crippen molar-refractivity contribution in [2.45, 2.75) is 31.0 Å². The van der Waals surface area contributed by atoms with Crippen LogP contribution in [0, 0.1) is 5.82 Å². The molecule has 0 radical (unpaired) electrons. The van der Waals surface area contributed by atoms with Crippen LogP contribution in [0.15, 0.2) is 18.2 Å². The number of alkyl halides is 3.